The van der Waals surface area contributed by atoms with Crippen molar-refractivity contribution in [2.24, 2.45) is 5.10 Å². The number of hydrazone groups is 1. The number of carbonyl (C=O) groups is 3. The Morgan fingerprint density at radius 3 is 2.39 bits per heavy atom. The normalized spacial score (nSPS) is 10.5. The largest absolute Gasteiger partial charge is 0.422 e. The maximum absolute atomic E-state index is 12.5. The van der Waals surface area contributed by atoms with Gasteiger partial charge in [0.2, 0.25) is 0 Å². The second-order valence-corrected chi connectivity index (χ2v) is 7.32. The van der Waals surface area contributed by atoms with Gasteiger partial charge in [-0.25, -0.2) is 10.2 Å². The number of ether oxygens (including phenoxy) is 1. The van der Waals surface area contributed by atoms with Crippen LogP contribution >= 0.6 is 15.9 Å². The van der Waals surface area contributed by atoms with Crippen molar-refractivity contribution in [3.8, 4) is 5.75 Å². The molecule has 8 heteroatoms. The van der Waals surface area contributed by atoms with Crippen LogP contribution in [-0.2, 0) is 9.59 Å². The maximum atomic E-state index is 12.5. The highest BCUT2D eigenvalue weighted by molar-refractivity contribution is 9.10. The molecule has 0 radical (unpaired) electrons. The fourth-order valence-corrected chi connectivity index (χ4v) is 2.97. The van der Waals surface area contributed by atoms with Gasteiger partial charge < -0.3 is 10.1 Å². The minimum atomic E-state index is -0.937. The van der Waals surface area contributed by atoms with Crippen molar-refractivity contribution >= 4 is 45.6 Å². The zero-order valence-corrected chi connectivity index (χ0v) is 18.0. The summed E-state index contributed by atoms with van der Waals surface area (Å²) in [5, 5.41) is 6.26. The van der Waals surface area contributed by atoms with Crippen molar-refractivity contribution in [1.29, 1.82) is 0 Å². The smallest absolute Gasteiger partial charge is 0.343 e. The Kier molecular flexibility index (Phi) is 7.29. The van der Waals surface area contributed by atoms with E-state index in [9.17, 15) is 14.4 Å². The summed E-state index contributed by atoms with van der Waals surface area (Å²) < 4.78 is 6.23. The molecule has 0 spiro atoms. The fourth-order valence-electron chi connectivity index (χ4n) is 2.59. The molecule has 0 atom stereocenters. The van der Waals surface area contributed by atoms with Crippen molar-refractivity contribution < 1.29 is 19.1 Å². The molecule has 31 heavy (non-hydrogen) atoms. The molecule has 2 amide bonds. The van der Waals surface area contributed by atoms with E-state index < -0.39 is 17.8 Å². The number of anilines is 1. The first-order valence-corrected chi connectivity index (χ1v) is 10.00. The Hall–Kier alpha value is -3.78. The van der Waals surface area contributed by atoms with Crippen LogP contribution in [0.4, 0.5) is 5.69 Å². The lowest BCUT2D eigenvalue weighted by atomic mass is 10.1. The molecule has 2 N–H and O–H groups in total. The van der Waals surface area contributed by atoms with Crippen LogP contribution in [0.3, 0.4) is 0 Å². The summed E-state index contributed by atoms with van der Waals surface area (Å²) in [6.45, 7) is 1.82. The van der Waals surface area contributed by atoms with Crippen LogP contribution in [-0.4, -0.2) is 24.0 Å². The lowest BCUT2D eigenvalue weighted by Crippen LogP contribution is -2.32. The van der Waals surface area contributed by atoms with Crippen molar-refractivity contribution in [2.45, 2.75) is 6.92 Å². The number of nitrogens with one attached hydrogen (secondary N) is 2. The summed E-state index contributed by atoms with van der Waals surface area (Å²) in [5.74, 6) is -2.05. The Balaban J connectivity index is 1.68. The quantitative estimate of drug-likeness (QED) is 0.189. The van der Waals surface area contributed by atoms with Crippen LogP contribution in [0.25, 0.3) is 0 Å². The van der Waals surface area contributed by atoms with Gasteiger partial charge in [0.25, 0.3) is 0 Å². The summed E-state index contributed by atoms with van der Waals surface area (Å²) >= 11 is 3.35. The molecule has 0 saturated carbocycles. The second-order valence-electron chi connectivity index (χ2n) is 6.41. The molecule has 0 aliphatic carbocycles. The highest BCUT2D eigenvalue weighted by atomic mass is 79.9. The SMILES string of the molecule is Cc1ccccc1C(=O)Oc1ccc(Br)cc1/C=N/NC(=O)C(=O)Nc1ccccc1. The number of nitrogens with zero attached hydrogens (tertiary/aromatic N) is 1. The lowest BCUT2D eigenvalue weighted by molar-refractivity contribution is -0.136. The zero-order valence-electron chi connectivity index (χ0n) is 16.5. The first-order valence-electron chi connectivity index (χ1n) is 9.21. The van der Waals surface area contributed by atoms with Gasteiger partial charge in [-0.2, -0.15) is 5.10 Å². The zero-order chi connectivity index (χ0) is 22.2. The molecule has 0 aliphatic heterocycles. The van der Waals surface area contributed by atoms with Gasteiger partial charge in [0, 0.05) is 15.7 Å². The minimum Gasteiger partial charge on any atom is -0.422 e. The van der Waals surface area contributed by atoms with Gasteiger partial charge >= 0.3 is 17.8 Å². The molecule has 3 rings (SSSR count). The van der Waals surface area contributed by atoms with E-state index in [1.807, 2.05) is 19.1 Å². The summed E-state index contributed by atoms with van der Waals surface area (Å²) in [6, 6.07) is 20.6. The Morgan fingerprint density at radius 2 is 1.65 bits per heavy atom. The molecular formula is C23H18BrN3O4. The summed E-state index contributed by atoms with van der Waals surface area (Å²) in [7, 11) is 0. The van der Waals surface area contributed by atoms with Crippen LogP contribution in [0.5, 0.6) is 5.75 Å². The van der Waals surface area contributed by atoms with Crippen molar-refractivity contribution in [1.82, 2.24) is 5.43 Å². The molecule has 0 fully saturated rings. The van der Waals surface area contributed by atoms with E-state index in [4.69, 9.17) is 4.74 Å². The number of benzene rings is 3. The summed E-state index contributed by atoms with van der Waals surface area (Å²) in [5.41, 5.74) is 4.31. The van der Waals surface area contributed by atoms with E-state index in [0.29, 0.717) is 16.8 Å². The van der Waals surface area contributed by atoms with Crippen LogP contribution in [0, 0.1) is 6.92 Å². The minimum absolute atomic E-state index is 0.253. The van der Waals surface area contributed by atoms with Gasteiger partial charge in [-0.15, -0.1) is 0 Å². The monoisotopic (exact) mass is 479 g/mol. The average Bonchev–Trinajstić information content (AvgIpc) is 2.76. The van der Waals surface area contributed by atoms with Crippen molar-refractivity contribution in [2.75, 3.05) is 5.32 Å². The van der Waals surface area contributed by atoms with Crippen molar-refractivity contribution in [3.05, 3.63) is 94.0 Å². The van der Waals surface area contributed by atoms with Crippen molar-refractivity contribution in [3.63, 3.8) is 0 Å². The van der Waals surface area contributed by atoms with Gasteiger partial charge in [-0.1, -0.05) is 52.3 Å². The number of rotatable bonds is 5. The van der Waals surface area contributed by atoms with Crippen LogP contribution < -0.4 is 15.5 Å². The second kappa shape index (κ2) is 10.3. The summed E-state index contributed by atoms with van der Waals surface area (Å²) in [4.78, 5) is 36.4. The Bertz CT molecular complexity index is 1150. The molecular weight excluding hydrogens is 462 g/mol. The van der Waals surface area contributed by atoms with Gasteiger partial charge in [0.1, 0.15) is 5.75 Å². The lowest BCUT2D eigenvalue weighted by Gasteiger charge is -2.09. The van der Waals surface area contributed by atoms with Crippen LogP contribution in [0.15, 0.2) is 82.4 Å². The van der Waals surface area contributed by atoms with E-state index >= 15 is 0 Å². The Labute approximate surface area is 187 Å². The van der Waals surface area contributed by atoms with E-state index in [2.05, 4.69) is 31.8 Å². The molecule has 0 unspecified atom stereocenters. The third kappa shape index (κ3) is 6.10. The first kappa shape index (κ1) is 21.9. The molecule has 0 aromatic heterocycles. The predicted molar refractivity (Wildman–Crippen MR) is 121 cm³/mol. The summed E-state index contributed by atoms with van der Waals surface area (Å²) in [6.07, 6.45) is 1.29. The predicted octanol–water partition coefficient (Wildman–Crippen LogP) is 4.07. The number of esters is 1. The number of halogens is 1. The van der Waals surface area contributed by atoms with E-state index in [1.165, 1.54) is 6.21 Å². The third-order valence-electron chi connectivity index (χ3n) is 4.15. The van der Waals surface area contributed by atoms with E-state index in [1.54, 1.807) is 60.7 Å². The number of aryl methyl sites for hydroxylation is 1. The molecule has 0 bridgehead atoms. The molecule has 3 aromatic carbocycles. The molecule has 7 nitrogen and oxygen atoms in total. The van der Waals surface area contributed by atoms with E-state index in [-0.39, 0.29) is 5.75 Å². The first-order chi connectivity index (χ1) is 14.9. The highest BCUT2D eigenvalue weighted by Gasteiger charge is 2.15. The highest BCUT2D eigenvalue weighted by Crippen LogP contribution is 2.23. The van der Waals surface area contributed by atoms with Gasteiger partial charge in [-0.3, -0.25) is 9.59 Å². The molecule has 0 saturated heterocycles. The standard InChI is InChI=1S/C23H18BrN3O4/c1-15-7-5-6-10-19(15)23(30)31-20-12-11-17(24)13-16(20)14-25-27-22(29)21(28)26-18-8-3-2-4-9-18/h2-14H,1H3,(H,26,28)(H,27,29)/b25-14+. The molecule has 156 valence electrons. The third-order valence-corrected chi connectivity index (χ3v) is 4.64. The number of carbonyl (C=O) groups excluding carboxylic acids is 3. The van der Waals surface area contributed by atoms with Gasteiger partial charge in [-0.05, 0) is 48.9 Å². The van der Waals surface area contributed by atoms with Crippen LogP contribution in [0.1, 0.15) is 21.5 Å². The number of hydrogen-bond acceptors (Lipinski definition) is 5. The maximum Gasteiger partial charge on any atom is 0.343 e. The number of para-hydroxylation sites is 1. The topological polar surface area (TPSA) is 96.9 Å². The van der Waals surface area contributed by atoms with Gasteiger partial charge in [0.05, 0.1) is 11.8 Å². The number of hydrogen-bond donors (Lipinski definition) is 2. The van der Waals surface area contributed by atoms with Crippen LogP contribution in [0.2, 0.25) is 0 Å². The Morgan fingerprint density at radius 1 is 0.935 bits per heavy atom. The molecule has 0 aliphatic rings. The fraction of sp³-hybridized carbons (Fsp3) is 0.0435. The number of amides is 2. The molecule has 3 aromatic rings. The van der Waals surface area contributed by atoms with E-state index in [0.717, 1.165) is 10.0 Å². The molecule has 0 heterocycles. The van der Waals surface area contributed by atoms with Gasteiger partial charge in [0.15, 0.2) is 0 Å². The average molecular weight is 480 g/mol.